The van der Waals surface area contributed by atoms with E-state index in [1.807, 2.05) is 0 Å². The van der Waals surface area contributed by atoms with Crippen molar-refractivity contribution >= 4 is 11.8 Å². The molecule has 0 unspecified atom stereocenters. The molecule has 0 radical (unpaired) electrons. The fourth-order valence-electron chi connectivity index (χ4n) is 0.880. The lowest BCUT2D eigenvalue weighted by Crippen LogP contribution is -2.29. The van der Waals surface area contributed by atoms with E-state index in [0.29, 0.717) is 12.1 Å². The second-order valence-electron chi connectivity index (χ2n) is 3.75. The summed E-state index contributed by atoms with van der Waals surface area (Å²) in [5.41, 5.74) is 0. The molecule has 14 heavy (non-hydrogen) atoms. The van der Waals surface area contributed by atoms with Crippen molar-refractivity contribution in [3.05, 3.63) is 0 Å². The molecule has 0 amide bonds. The molecule has 4 nitrogen and oxygen atoms in total. The zero-order valence-electron chi connectivity index (χ0n) is 9.63. The fraction of sp³-hybridized carbons (Fsp3) is 0.800. The minimum Gasteiger partial charge on any atom is -0.481 e. The number of carboxylic acid groups (broad SMARTS) is 1. The fourth-order valence-corrected chi connectivity index (χ4v) is 0.880. The minimum atomic E-state index is -1.06. The van der Waals surface area contributed by atoms with Crippen LogP contribution in [0.2, 0.25) is 0 Å². The number of rotatable bonds is 4. The van der Waals surface area contributed by atoms with E-state index < -0.39 is 5.97 Å². The van der Waals surface area contributed by atoms with Crippen LogP contribution in [0, 0.1) is 0 Å². The predicted octanol–water partition coefficient (Wildman–Crippen LogP) is 1.44. The first-order valence-electron chi connectivity index (χ1n) is 4.73. The van der Waals surface area contributed by atoms with Gasteiger partial charge in [0, 0.05) is 12.1 Å². The number of carboxylic acids is 1. The third kappa shape index (κ3) is 22.5. The van der Waals surface area contributed by atoms with Gasteiger partial charge in [0.25, 0.3) is 0 Å². The van der Waals surface area contributed by atoms with Crippen LogP contribution in [0.4, 0.5) is 0 Å². The molecule has 0 saturated heterocycles. The number of Topliss-reactive ketones (excluding diaryl/α,β-unsaturated/α-hetero) is 1. The summed E-state index contributed by atoms with van der Waals surface area (Å²) in [6.45, 7) is 9.86. The van der Waals surface area contributed by atoms with Gasteiger partial charge in [-0.15, -0.1) is 0 Å². The highest BCUT2D eigenvalue weighted by Crippen LogP contribution is 1.80. The Bertz CT molecular complexity index is 158. The van der Waals surface area contributed by atoms with Crippen molar-refractivity contribution < 1.29 is 14.7 Å². The number of carbonyl (C=O) groups is 2. The summed E-state index contributed by atoms with van der Waals surface area (Å²) in [4.78, 5) is 19.5. The lowest BCUT2D eigenvalue weighted by molar-refractivity contribution is -0.139. The molecular weight excluding hydrogens is 182 g/mol. The normalized spacial score (nSPS) is 9.64. The lowest BCUT2D eigenvalue weighted by Gasteiger charge is -2.10. The molecule has 0 spiro atoms. The molecule has 0 fully saturated rings. The maximum absolute atomic E-state index is 9.87. The van der Waals surface area contributed by atoms with Crippen LogP contribution in [0.5, 0.6) is 0 Å². The maximum Gasteiger partial charge on any atom is 0.310 e. The molecule has 0 rings (SSSR count). The van der Waals surface area contributed by atoms with Crippen LogP contribution < -0.4 is 5.32 Å². The Kier molecular flexibility index (Phi) is 9.66. The van der Waals surface area contributed by atoms with E-state index in [-0.39, 0.29) is 12.2 Å². The highest BCUT2D eigenvalue weighted by Gasteiger charge is 1.98. The molecule has 0 heterocycles. The molecule has 0 aliphatic heterocycles. The van der Waals surface area contributed by atoms with Crippen LogP contribution in [-0.2, 0) is 9.59 Å². The average molecular weight is 203 g/mol. The summed E-state index contributed by atoms with van der Waals surface area (Å²) in [7, 11) is 0. The van der Waals surface area contributed by atoms with Gasteiger partial charge in [0.15, 0.2) is 0 Å². The van der Waals surface area contributed by atoms with Crippen LogP contribution >= 0.6 is 0 Å². The minimum absolute atomic E-state index is 0.312. The number of carbonyl (C=O) groups excluding carboxylic acids is 1. The van der Waals surface area contributed by atoms with Gasteiger partial charge in [-0.25, -0.2) is 0 Å². The molecule has 0 aromatic heterocycles. The second-order valence-corrected chi connectivity index (χ2v) is 3.75. The maximum atomic E-state index is 9.87. The van der Waals surface area contributed by atoms with Crippen molar-refractivity contribution in [2.24, 2.45) is 0 Å². The van der Waals surface area contributed by atoms with Gasteiger partial charge in [-0.05, 0) is 6.92 Å². The number of nitrogens with one attached hydrogen (secondary N) is 1. The Morgan fingerprint density at radius 2 is 1.50 bits per heavy atom. The smallest absolute Gasteiger partial charge is 0.310 e. The molecule has 4 heteroatoms. The number of ketones is 1. The monoisotopic (exact) mass is 203 g/mol. The van der Waals surface area contributed by atoms with Gasteiger partial charge in [-0.2, -0.15) is 0 Å². The first-order chi connectivity index (χ1) is 6.25. The zero-order valence-corrected chi connectivity index (χ0v) is 9.63. The number of hydrogen-bond donors (Lipinski definition) is 2. The molecule has 0 atom stereocenters. The van der Waals surface area contributed by atoms with Gasteiger partial charge < -0.3 is 10.4 Å². The second kappa shape index (κ2) is 8.69. The molecule has 84 valence electrons. The Morgan fingerprint density at radius 3 is 1.50 bits per heavy atom. The van der Waals surface area contributed by atoms with E-state index in [0.717, 1.165) is 0 Å². The largest absolute Gasteiger partial charge is 0.481 e. The van der Waals surface area contributed by atoms with Gasteiger partial charge in [0.1, 0.15) is 12.2 Å². The molecule has 2 N–H and O–H groups in total. The summed E-state index contributed by atoms with van der Waals surface area (Å²) in [6, 6.07) is 1.25. The van der Waals surface area contributed by atoms with E-state index in [1.54, 1.807) is 0 Å². The van der Waals surface area contributed by atoms with Crippen LogP contribution in [-0.4, -0.2) is 28.9 Å². The standard InChI is InChI=1S/C6H15N.C4H6O3/c1-5(2)7-6(3)4;1-3(5)2-4(6)7/h5-7H,1-4H3;2H2,1H3,(H,6,7). The van der Waals surface area contributed by atoms with E-state index in [9.17, 15) is 9.59 Å². The summed E-state index contributed by atoms with van der Waals surface area (Å²) < 4.78 is 0. The Morgan fingerprint density at radius 1 is 1.14 bits per heavy atom. The van der Waals surface area contributed by atoms with Gasteiger partial charge in [0.2, 0.25) is 0 Å². The van der Waals surface area contributed by atoms with Gasteiger partial charge in [-0.3, -0.25) is 9.59 Å². The van der Waals surface area contributed by atoms with Crippen LogP contribution in [0.1, 0.15) is 41.0 Å². The van der Waals surface area contributed by atoms with Crippen LogP contribution in [0.25, 0.3) is 0 Å². The topological polar surface area (TPSA) is 66.4 Å². The summed E-state index contributed by atoms with van der Waals surface area (Å²) in [5, 5.41) is 11.2. The third-order valence-corrected chi connectivity index (χ3v) is 1.07. The van der Waals surface area contributed by atoms with Crippen LogP contribution in [0.3, 0.4) is 0 Å². The molecule has 0 aliphatic carbocycles. The summed E-state index contributed by atoms with van der Waals surface area (Å²) in [5.74, 6) is -1.37. The van der Waals surface area contributed by atoms with Crippen molar-refractivity contribution in [1.29, 1.82) is 0 Å². The Labute approximate surface area is 85.7 Å². The van der Waals surface area contributed by atoms with Gasteiger partial charge in [0.05, 0.1) is 0 Å². The first kappa shape index (κ1) is 15.6. The van der Waals surface area contributed by atoms with Crippen molar-refractivity contribution in [3.8, 4) is 0 Å². The van der Waals surface area contributed by atoms with E-state index in [2.05, 4.69) is 33.0 Å². The van der Waals surface area contributed by atoms with E-state index in [4.69, 9.17) is 5.11 Å². The number of hydrogen-bond acceptors (Lipinski definition) is 3. The Hall–Kier alpha value is -0.900. The average Bonchev–Trinajstić information content (AvgIpc) is 1.79. The van der Waals surface area contributed by atoms with E-state index in [1.165, 1.54) is 6.92 Å². The van der Waals surface area contributed by atoms with Crippen molar-refractivity contribution in [1.82, 2.24) is 5.32 Å². The first-order valence-corrected chi connectivity index (χ1v) is 4.73. The van der Waals surface area contributed by atoms with Crippen molar-refractivity contribution in [2.45, 2.75) is 53.1 Å². The summed E-state index contributed by atoms with van der Waals surface area (Å²) in [6.07, 6.45) is -0.361. The van der Waals surface area contributed by atoms with Crippen molar-refractivity contribution in [3.63, 3.8) is 0 Å². The zero-order chi connectivity index (χ0) is 11.7. The van der Waals surface area contributed by atoms with E-state index >= 15 is 0 Å². The lowest BCUT2D eigenvalue weighted by atomic mass is 10.3. The molecular formula is C10H21NO3. The van der Waals surface area contributed by atoms with Gasteiger partial charge in [-0.1, -0.05) is 27.7 Å². The number of aliphatic carboxylic acids is 1. The highest BCUT2D eigenvalue weighted by atomic mass is 16.4. The molecule has 0 bridgehead atoms. The third-order valence-electron chi connectivity index (χ3n) is 1.07. The Balaban J connectivity index is 0. The highest BCUT2D eigenvalue weighted by molar-refractivity contribution is 5.93. The molecule has 0 aromatic rings. The SMILES string of the molecule is CC(=O)CC(=O)O.CC(C)NC(C)C. The van der Waals surface area contributed by atoms with Gasteiger partial charge >= 0.3 is 5.97 Å². The summed E-state index contributed by atoms with van der Waals surface area (Å²) >= 11 is 0. The molecule has 0 saturated carbocycles. The molecule has 0 aromatic carbocycles. The molecule has 0 aliphatic rings. The predicted molar refractivity (Wildman–Crippen MR) is 56.3 cm³/mol. The van der Waals surface area contributed by atoms with Crippen molar-refractivity contribution in [2.75, 3.05) is 0 Å². The quantitative estimate of drug-likeness (QED) is 0.678. The van der Waals surface area contributed by atoms with Crippen LogP contribution in [0.15, 0.2) is 0 Å².